The number of ether oxygens (including phenoxy) is 1. The number of methoxy groups -OCH3 is 1. The number of carbonyl (C=O) groups is 1. The zero-order chi connectivity index (χ0) is 18.7. The van der Waals surface area contributed by atoms with Crippen LogP contribution in [0.3, 0.4) is 0 Å². The lowest BCUT2D eigenvalue weighted by molar-refractivity contribution is 0.0911. The van der Waals surface area contributed by atoms with E-state index in [9.17, 15) is 4.79 Å². The summed E-state index contributed by atoms with van der Waals surface area (Å²) >= 11 is 0. The number of aromatic nitrogens is 1. The molecule has 1 saturated heterocycles. The lowest BCUT2D eigenvalue weighted by Crippen LogP contribution is -2.43. The fraction of sp³-hybridized carbons (Fsp3) is 0.455. The van der Waals surface area contributed by atoms with Gasteiger partial charge in [0, 0.05) is 31.5 Å². The quantitative estimate of drug-likeness (QED) is 0.885. The maximum absolute atomic E-state index is 12.7. The van der Waals surface area contributed by atoms with Crippen molar-refractivity contribution in [2.45, 2.75) is 30.7 Å². The number of hydrogen-bond acceptors (Lipinski definition) is 4. The van der Waals surface area contributed by atoms with E-state index in [0.717, 1.165) is 45.5 Å². The second-order valence-electron chi connectivity index (χ2n) is 7.67. The van der Waals surface area contributed by atoms with E-state index < -0.39 is 0 Å². The highest BCUT2D eigenvalue weighted by Crippen LogP contribution is 2.50. The predicted molar refractivity (Wildman–Crippen MR) is 105 cm³/mol. The van der Waals surface area contributed by atoms with Crippen LogP contribution in [-0.4, -0.2) is 49.1 Å². The van der Waals surface area contributed by atoms with Crippen molar-refractivity contribution in [2.24, 2.45) is 0 Å². The molecule has 0 radical (unpaired) electrons. The Labute approximate surface area is 160 Å². The van der Waals surface area contributed by atoms with Crippen LogP contribution in [0.1, 0.15) is 46.8 Å². The normalized spacial score (nSPS) is 21.1. The fourth-order valence-corrected chi connectivity index (χ4v) is 4.66. The average molecular weight is 365 g/mol. The number of hydrogen-bond donors (Lipinski definition) is 1. The Morgan fingerprint density at radius 2 is 2.07 bits per heavy atom. The Kier molecular flexibility index (Phi) is 5.23. The molecule has 1 aliphatic carbocycles. The van der Waals surface area contributed by atoms with Crippen LogP contribution in [0.15, 0.2) is 48.8 Å². The molecule has 1 amide bonds. The molecule has 5 nitrogen and oxygen atoms in total. The van der Waals surface area contributed by atoms with Crippen molar-refractivity contribution in [3.05, 3.63) is 65.5 Å². The van der Waals surface area contributed by atoms with Gasteiger partial charge in [-0.15, -0.1) is 0 Å². The molecule has 1 spiro atoms. The number of pyridine rings is 1. The van der Waals surface area contributed by atoms with E-state index in [1.807, 2.05) is 6.07 Å². The minimum atomic E-state index is -0.0440. The summed E-state index contributed by atoms with van der Waals surface area (Å²) in [6.45, 7) is 3.95. The molecule has 1 N–H and O–H groups in total. The lowest BCUT2D eigenvalue weighted by Gasteiger charge is -2.40. The first-order valence-electron chi connectivity index (χ1n) is 9.73. The van der Waals surface area contributed by atoms with Crippen molar-refractivity contribution in [2.75, 3.05) is 33.4 Å². The maximum atomic E-state index is 12.7. The summed E-state index contributed by atoms with van der Waals surface area (Å²) in [7, 11) is 1.76. The van der Waals surface area contributed by atoms with Gasteiger partial charge in [-0.2, -0.15) is 0 Å². The summed E-state index contributed by atoms with van der Waals surface area (Å²) in [4.78, 5) is 19.2. The standard InChI is InChI=1S/C22H27N3O2/c1-27-14-13-25-11-8-22(9-12-25)15-20(18-6-2-3-7-19(18)22)24-21(26)17-5-4-10-23-16-17/h2-7,10,16,20H,8-9,11-15H2,1H3,(H,24,26)/t20-/m0/s1. The van der Waals surface area contributed by atoms with Crippen molar-refractivity contribution < 1.29 is 9.53 Å². The summed E-state index contributed by atoms with van der Waals surface area (Å²) < 4.78 is 5.23. The summed E-state index contributed by atoms with van der Waals surface area (Å²) in [6.07, 6.45) is 6.56. The number of amides is 1. The van der Waals surface area contributed by atoms with Gasteiger partial charge < -0.3 is 15.0 Å². The number of nitrogens with one attached hydrogen (secondary N) is 1. The maximum Gasteiger partial charge on any atom is 0.253 e. The highest BCUT2D eigenvalue weighted by Gasteiger charge is 2.45. The summed E-state index contributed by atoms with van der Waals surface area (Å²) in [5, 5.41) is 3.26. The van der Waals surface area contributed by atoms with Crippen molar-refractivity contribution in [3.63, 3.8) is 0 Å². The Morgan fingerprint density at radius 3 is 2.81 bits per heavy atom. The third kappa shape index (κ3) is 3.62. The van der Waals surface area contributed by atoms with E-state index in [-0.39, 0.29) is 17.4 Å². The number of piperidine rings is 1. The summed E-state index contributed by atoms with van der Waals surface area (Å²) in [6, 6.07) is 12.3. The minimum Gasteiger partial charge on any atom is -0.383 e. The molecule has 2 heterocycles. The molecule has 142 valence electrons. The molecule has 5 heteroatoms. The monoisotopic (exact) mass is 365 g/mol. The third-order valence-electron chi connectivity index (χ3n) is 6.16. The lowest BCUT2D eigenvalue weighted by atomic mass is 9.73. The number of nitrogens with zero attached hydrogens (tertiary/aromatic N) is 2. The van der Waals surface area contributed by atoms with Crippen LogP contribution in [0, 0.1) is 0 Å². The van der Waals surface area contributed by atoms with Gasteiger partial charge in [-0.05, 0) is 55.6 Å². The van der Waals surface area contributed by atoms with E-state index in [2.05, 4.69) is 39.5 Å². The Bertz CT molecular complexity index is 785. The number of benzene rings is 1. The van der Waals surface area contributed by atoms with Crippen LogP contribution < -0.4 is 5.32 Å². The molecule has 1 fully saturated rings. The third-order valence-corrected chi connectivity index (χ3v) is 6.16. The van der Waals surface area contributed by atoms with Gasteiger partial charge in [0.05, 0.1) is 18.2 Å². The van der Waals surface area contributed by atoms with Gasteiger partial charge in [-0.25, -0.2) is 0 Å². The summed E-state index contributed by atoms with van der Waals surface area (Å²) in [5.74, 6) is -0.0440. The highest BCUT2D eigenvalue weighted by molar-refractivity contribution is 5.94. The first-order valence-corrected chi connectivity index (χ1v) is 9.73. The van der Waals surface area contributed by atoms with Gasteiger partial charge in [-0.1, -0.05) is 24.3 Å². The van der Waals surface area contributed by atoms with E-state index in [4.69, 9.17) is 4.74 Å². The average Bonchev–Trinajstić information content (AvgIpc) is 3.02. The van der Waals surface area contributed by atoms with Gasteiger partial charge >= 0.3 is 0 Å². The van der Waals surface area contributed by atoms with Crippen LogP contribution in [0.5, 0.6) is 0 Å². The van der Waals surface area contributed by atoms with Crippen molar-refractivity contribution in [1.82, 2.24) is 15.2 Å². The topological polar surface area (TPSA) is 54.5 Å². The largest absolute Gasteiger partial charge is 0.383 e. The molecule has 27 heavy (non-hydrogen) atoms. The number of carbonyl (C=O) groups excluding carboxylic acids is 1. The van der Waals surface area contributed by atoms with E-state index in [0.29, 0.717) is 5.56 Å². The number of rotatable bonds is 5. The molecular formula is C22H27N3O2. The van der Waals surface area contributed by atoms with Crippen LogP contribution in [0.4, 0.5) is 0 Å². The first kappa shape index (κ1) is 18.1. The molecule has 2 aromatic rings. The number of fused-ring (bicyclic) bond motifs is 2. The van der Waals surface area contributed by atoms with Gasteiger partial charge in [0.15, 0.2) is 0 Å². The molecule has 0 bridgehead atoms. The summed E-state index contributed by atoms with van der Waals surface area (Å²) in [5.41, 5.74) is 3.49. The highest BCUT2D eigenvalue weighted by atomic mass is 16.5. The van der Waals surface area contributed by atoms with Crippen LogP contribution in [0.25, 0.3) is 0 Å². The molecule has 2 aliphatic rings. The van der Waals surface area contributed by atoms with Crippen LogP contribution >= 0.6 is 0 Å². The second kappa shape index (κ2) is 7.79. The Hall–Kier alpha value is -2.24. The zero-order valence-corrected chi connectivity index (χ0v) is 15.9. The Morgan fingerprint density at radius 1 is 1.26 bits per heavy atom. The van der Waals surface area contributed by atoms with Crippen molar-refractivity contribution >= 4 is 5.91 Å². The van der Waals surface area contributed by atoms with Gasteiger partial charge in [0.25, 0.3) is 5.91 Å². The van der Waals surface area contributed by atoms with Crippen LogP contribution in [-0.2, 0) is 10.2 Å². The Balaban J connectivity index is 1.51. The van der Waals surface area contributed by atoms with Crippen molar-refractivity contribution in [3.8, 4) is 0 Å². The predicted octanol–water partition coefficient (Wildman–Crippen LogP) is 2.94. The van der Waals surface area contributed by atoms with Gasteiger partial charge in [0.2, 0.25) is 0 Å². The SMILES string of the molecule is COCCN1CCC2(CC1)C[C@H](NC(=O)c1cccnc1)c1ccccc12. The molecular weight excluding hydrogens is 338 g/mol. The van der Waals surface area contributed by atoms with E-state index >= 15 is 0 Å². The number of likely N-dealkylation sites (tertiary alicyclic amines) is 1. The first-order chi connectivity index (χ1) is 13.2. The molecule has 0 unspecified atom stereocenters. The van der Waals surface area contributed by atoms with Gasteiger partial charge in [0.1, 0.15) is 0 Å². The van der Waals surface area contributed by atoms with Crippen molar-refractivity contribution in [1.29, 1.82) is 0 Å². The smallest absolute Gasteiger partial charge is 0.253 e. The van der Waals surface area contributed by atoms with Crippen LogP contribution in [0.2, 0.25) is 0 Å². The molecule has 1 aliphatic heterocycles. The minimum absolute atomic E-state index is 0.0440. The molecule has 1 atom stereocenters. The fourth-order valence-electron chi connectivity index (χ4n) is 4.66. The molecule has 0 saturated carbocycles. The zero-order valence-electron chi connectivity index (χ0n) is 15.9. The van der Waals surface area contributed by atoms with Gasteiger partial charge in [-0.3, -0.25) is 9.78 Å². The second-order valence-corrected chi connectivity index (χ2v) is 7.67. The van der Waals surface area contributed by atoms with E-state index in [1.165, 1.54) is 11.1 Å². The van der Waals surface area contributed by atoms with E-state index in [1.54, 1.807) is 25.6 Å². The molecule has 4 rings (SSSR count). The molecule has 1 aromatic heterocycles. The molecule has 1 aromatic carbocycles.